The molecule has 3 aromatic rings. The Bertz CT molecular complexity index is 1050. The molecule has 8 heteroatoms. The number of carbonyl (C=O) groups is 1. The van der Waals surface area contributed by atoms with Crippen LogP contribution in [0.5, 0.6) is 5.75 Å². The highest BCUT2D eigenvalue weighted by Crippen LogP contribution is 2.25. The number of rotatable bonds is 2. The molecule has 32 heavy (non-hydrogen) atoms. The first-order valence-corrected chi connectivity index (χ1v) is 11.8. The molecule has 0 radical (unpaired) electrons. The largest absolute Gasteiger partial charge is 0.506 e. The van der Waals surface area contributed by atoms with Gasteiger partial charge in [0.2, 0.25) is 0 Å². The normalized spacial score (nSPS) is 16.4. The summed E-state index contributed by atoms with van der Waals surface area (Å²) in [4.78, 5) is 18.4. The lowest BCUT2D eigenvalue weighted by molar-refractivity contribution is 0.0139. The molecule has 0 aliphatic carbocycles. The Kier molecular flexibility index (Phi) is 7.66. The number of fused-ring (bicyclic) bond motifs is 1. The summed E-state index contributed by atoms with van der Waals surface area (Å²) in [5, 5.41) is 10.5. The number of ether oxygens (including phenoxy) is 1. The van der Waals surface area contributed by atoms with Crippen LogP contribution in [0.1, 0.15) is 33.6 Å². The number of carbonyl (C=O) groups excluding carboxylic acids is 1. The van der Waals surface area contributed by atoms with Crippen LogP contribution in [0.2, 0.25) is 0 Å². The summed E-state index contributed by atoms with van der Waals surface area (Å²) in [6.07, 6.45) is 5.50. The summed E-state index contributed by atoms with van der Waals surface area (Å²) in [6, 6.07) is 11.9. The van der Waals surface area contributed by atoms with E-state index in [0.717, 1.165) is 17.8 Å². The average Bonchev–Trinajstić information content (AvgIpc) is 3.17. The van der Waals surface area contributed by atoms with Crippen molar-refractivity contribution in [3.8, 4) is 11.6 Å². The zero-order chi connectivity index (χ0) is 23.3. The summed E-state index contributed by atoms with van der Waals surface area (Å²) >= 11 is 1.73. The fourth-order valence-electron chi connectivity index (χ4n) is 3.39. The summed E-state index contributed by atoms with van der Waals surface area (Å²) in [5.74, 6) is 0.986. The van der Waals surface area contributed by atoms with Crippen LogP contribution in [0.25, 0.3) is 16.7 Å². The van der Waals surface area contributed by atoms with Crippen molar-refractivity contribution in [2.75, 3.05) is 19.3 Å². The Hall–Kier alpha value is -2.74. The van der Waals surface area contributed by atoms with Crippen LogP contribution in [0.15, 0.2) is 53.7 Å². The van der Waals surface area contributed by atoms with Crippen molar-refractivity contribution in [3.05, 3.63) is 48.8 Å². The summed E-state index contributed by atoms with van der Waals surface area (Å²) in [6.45, 7) is 6.20. The fourth-order valence-corrected chi connectivity index (χ4v) is 3.83. The number of pyridine rings is 1. The van der Waals surface area contributed by atoms with Crippen LogP contribution in [0, 0.1) is 0 Å². The Balaban J connectivity index is 0.000000188. The lowest BCUT2D eigenvalue weighted by Crippen LogP contribution is -2.43. The van der Waals surface area contributed by atoms with E-state index in [9.17, 15) is 14.3 Å². The first kappa shape index (κ1) is 23.9. The molecule has 1 unspecified atom stereocenters. The standard InChI is InChI=1S/C14H12N2OS.C10H18FNO2/c1-18-12-3-4-13-10(8-12)6-7-16(13)14-5-2-11(17)9-15-14;1-10(2,3)14-9(13)12-6-4-5-8(11)7-12/h2-9,17H,1H3;8H,4-7H2,1-3H3. The summed E-state index contributed by atoms with van der Waals surface area (Å²) < 4.78 is 20.1. The van der Waals surface area contributed by atoms with Gasteiger partial charge in [0.05, 0.1) is 18.3 Å². The molecular weight excluding hydrogens is 429 g/mol. The number of likely N-dealkylation sites (tertiary alicyclic amines) is 1. The number of aromatic nitrogens is 2. The maximum atomic E-state index is 13.0. The van der Waals surface area contributed by atoms with Crippen molar-refractivity contribution < 1.29 is 19.0 Å². The zero-order valence-electron chi connectivity index (χ0n) is 18.9. The van der Waals surface area contributed by atoms with Crippen LogP contribution in [-0.2, 0) is 4.74 Å². The van der Waals surface area contributed by atoms with Crippen LogP contribution < -0.4 is 0 Å². The lowest BCUT2D eigenvalue weighted by Gasteiger charge is -2.31. The molecule has 4 rings (SSSR count). The van der Waals surface area contributed by atoms with Crippen molar-refractivity contribution >= 4 is 28.8 Å². The molecule has 1 aliphatic heterocycles. The van der Waals surface area contributed by atoms with Crippen molar-refractivity contribution in [2.45, 2.75) is 50.3 Å². The Morgan fingerprint density at radius 1 is 1.25 bits per heavy atom. The van der Waals surface area contributed by atoms with Gasteiger partial charge in [-0.2, -0.15) is 0 Å². The SMILES string of the molecule is CC(C)(C)OC(=O)N1CCCC(F)C1.CSc1ccc2c(ccn2-c2ccc(O)cn2)c1. The number of piperidine rings is 1. The van der Waals surface area contributed by atoms with Crippen LogP contribution in [-0.4, -0.2) is 56.8 Å². The maximum Gasteiger partial charge on any atom is 0.410 e. The number of amides is 1. The number of benzene rings is 1. The molecule has 1 saturated heterocycles. The third-order valence-corrected chi connectivity index (χ3v) is 5.62. The van der Waals surface area contributed by atoms with Gasteiger partial charge >= 0.3 is 6.09 Å². The van der Waals surface area contributed by atoms with E-state index in [1.54, 1.807) is 23.9 Å². The third kappa shape index (κ3) is 6.38. The van der Waals surface area contributed by atoms with E-state index in [4.69, 9.17) is 4.74 Å². The van der Waals surface area contributed by atoms with E-state index < -0.39 is 17.9 Å². The average molecular weight is 460 g/mol. The van der Waals surface area contributed by atoms with Gasteiger partial charge in [-0.1, -0.05) is 0 Å². The molecule has 3 heterocycles. The van der Waals surface area contributed by atoms with Crippen molar-refractivity contribution in [1.82, 2.24) is 14.5 Å². The number of alkyl halides is 1. The highest BCUT2D eigenvalue weighted by atomic mass is 32.2. The highest BCUT2D eigenvalue weighted by Gasteiger charge is 2.27. The van der Waals surface area contributed by atoms with Crippen LogP contribution >= 0.6 is 11.8 Å². The number of nitrogens with zero attached hydrogens (tertiary/aromatic N) is 3. The Labute approximate surface area is 192 Å². The molecule has 2 aromatic heterocycles. The van der Waals surface area contributed by atoms with E-state index in [-0.39, 0.29) is 12.3 Å². The minimum absolute atomic E-state index is 0.176. The number of hydrogen-bond acceptors (Lipinski definition) is 5. The van der Waals surface area contributed by atoms with Crippen molar-refractivity contribution in [3.63, 3.8) is 0 Å². The molecule has 0 spiro atoms. The van der Waals surface area contributed by atoms with Gasteiger partial charge in [0, 0.05) is 23.0 Å². The second-order valence-corrected chi connectivity index (χ2v) is 9.53. The van der Waals surface area contributed by atoms with E-state index in [0.29, 0.717) is 13.0 Å². The summed E-state index contributed by atoms with van der Waals surface area (Å²) in [7, 11) is 0. The number of aromatic hydroxyl groups is 1. The molecule has 172 valence electrons. The molecule has 6 nitrogen and oxygen atoms in total. The molecule has 0 saturated carbocycles. The third-order valence-electron chi connectivity index (χ3n) is 4.89. The second kappa shape index (κ2) is 10.3. The highest BCUT2D eigenvalue weighted by molar-refractivity contribution is 7.98. The van der Waals surface area contributed by atoms with E-state index >= 15 is 0 Å². The number of hydrogen-bond donors (Lipinski definition) is 1. The first-order chi connectivity index (χ1) is 15.2. The molecule has 1 atom stereocenters. The van der Waals surface area contributed by atoms with Gasteiger partial charge in [-0.25, -0.2) is 14.2 Å². The molecule has 1 aromatic carbocycles. The van der Waals surface area contributed by atoms with Crippen molar-refractivity contribution in [1.29, 1.82) is 0 Å². The zero-order valence-corrected chi connectivity index (χ0v) is 19.7. The van der Waals surface area contributed by atoms with Gasteiger partial charge in [-0.05, 0) is 76.3 Å². The number of halogens is 1. The quantitative estimate of drug-likeness (QED) is 0.490. The predicted octanol–water partition coefficient (Wildman–Crippen LogP) is 5.81. The maximum absolute atomic E-state index is 13.0. The first-order valence-electron chi connectivity index (χ1n) is 10.6. The molecule has 1 aliphatic rings. The minimum atomic E-state index is -0.892. The smallest absolute Gasteiger partial charge is 0.410 e. The van der Waals surface area contributed by atoms with E-state index in [2.05, 4.69) is 35.5 Å². The van der Waals surface area contributed by atoms with Crippen molar-refractivity contribution in [2.24, 2.45) is 0 Å². The van der Waals surface area contributed by atoms with Gasteiger partial charge in [0.1, 0.15) is 23.3 Å². The Morgan fingerprint density at radius 2 is 2.03 bits per heavy atom. The van der Waals surface area contributed by atoms with Gasteiger partial charge in [-0.3, -0.25) is 0 Å². The van der Waals surface area contributed by atoms with Gasteiger partial charge in [-0.15, -0.1) is 11.8 Å². The van der Waals surface area contributed by atoms with Crippen LogP contribution in [0.3, 0.4) is 0 Å². The Morgan fingerprint density at radius 3 is 2.66 bits per heavy atom. The van der Waals surface area contributed by atoms with Gasteiger partial charge < -0.3 is 19.3 Å². The number of thioether (sulfide) groups is 1. The minimum Gasteiger partial charge on any atom is -0.506 e. The molecule has 1 fully saturated rings. The summed E-state index contributed by atoms with van der Waals surface area (Å²) in [5.41, 5.74) is 0.617. The van der Waals surface area contributed by atoms with E-state index in [1.165, 1.54) is 21.4 Å². The molecule has 0 bridgehead atoms. The monoisotopic (exact) mass is 459 g/mol. The predicted molar refractivity (Wildman–Crippen MR) is 126 cm³/mol. The van der Waals surface area contributed by atoms with Crippen LogP contribution in [0.4, 0.5) is 9.18 Å². The van der Waals surface area contributed by atoms with E-state index in [1.807, 2.05) is 31.5 Å². The molecule has 1 N–H and O–H groups in total. The lowest BCUT2D eigenvalue weighted by atomic mass is 10.1. The second-order valence-electron chi connectivity index (χ2n) is 8.65. The fraction of sp³-hybridized carbons (Fsp3) is 0.417. The molecular formula is C24H30FN3O3S. The van der Waals surface area contributed by atoms with Gasteiger partial charge in [0.25, 0.3) is 0 Å². The van der Waals surface area contributed by atoms with Gasteiger partial charge in [0.15, 0.2) is 0 Å². The molecule has 1 amide bonds. The topological polar surface area (TPSA) is 67.6 Å².